The molecule has 1 saturated carbocycles. The number of amides is 2. The molecule has 0 atom stereocenters. The maximum atomic E-state index is 13.3. The molecule has 0 saturated heterocycles. The molecule has 0 unspecified atom stereocenters. The Morgan fingerprint density at radius 3 is 2.62 bits per heavy atom. The van der Waals surface area contributed by atoms with Crippen molar-refractivity contribution in [2.75, 3.05) is 19.0 Å². The second kappa shape index (κ2) is 11.2. The predicted molar refractivity (Wildman–Crippen MR) is 141 cm³/mol. The Bertz CT molecular complexity index is 1300. The van der Waals surface area contributed by atoms with E-state index < -0.39 is 0 Å². The number of hydrogen-bond donors (Lipinski definition) is 1. The summed E-state index contributed by atoms with van der Waals surface area (Å²) < 4.78 is 11.8. The SMILES string of the molecule is COc1ccc(C2=NN(C(=O)c3cccc(NC(=O)c4ccccn4)c3)CCC2)cc1OC1CCCC1. The van der Waals surface area contributed by atoms with Crippen molar-refractivity contribution in [3.8, 4) is 11.5 Å². The monoisotopic (exact) mass is 498 g/mol. The quantitative estimate of drug-likeness (QED) is 0.477. The van der Waals surface area contributed by atoms with Gasteiger partial charge in [0.15, 0.2) is 11.5 Å². The lowest BCUT2D eigenvalue weighted by Crippen LogP contribution is -2.32. The molecule has 2 heterocycles. The molecular weight excluding hydrogens is 468 g/mol. The van der Waals surface area contributed by atoms with E-state index in [4.69, 9.17) is 14.6 Å². The second-order valence-corrected chi connectivity index (χ2v) is 9.22. The lowest BCUT2D eigenvalue weighted by molar-refractivity contribution is 0.0751. The Labute approximate surface area is 216 Å². The van der Waals surface area contributed by atoms with Crippen LogP contribution in [0.3, 0.4) is 0 Å². The summed E-state index contributed by atoms with van der Waals surface area (Å²) in [5.74, 6) is 0.861. The largest absolute Gasteiger partial charge is 0.493 e. The van der Waals surface area contributed by atoms with E-state index in [0.717, 1.165) is 42.7 Å². The third-order valence-electron chi connectivity index (χ3n) is 6.62. The lowest BCUT2D eigenvalue weighted by Gasteiger charge is -2.24. The van der Waals surface area contributed by atoms with Gasteiger partial charge in [-0.15, -0.1) is 0 Å². The maximum Gasteiger partial charge on any atom is 0.274 e. The van der Waals surface area contributed by atoms with Crippen molar-refractivity contribution in [1.82, 2.24) is 9.99 Å². The summed E-state index contributed by atoms with van der Waals surface area (Å²) in [6.45, 7) is 0.522. The van der Waals surface area contributed by atoms with Crippen LogP contribution in [0.4, 0.5) is 5.69 Å². The molecular formula is C29H30N4O4. The van der Waals surface area contributed by atoms with Crippen molar-refractivity contribution in [1.29, 1.82) is 0 Å². The Balaban J connectivity index is 1.33. The fourth-order valence-electron chi connectivity index (χ4n) is 4.70. The zero-order valence-electron chi connectivity index (χ0n) is 20.9. The Morgan fingerprint density at radius 1 is 0.973 bits per heavy atom. The van der Waals surface area contributed by atoms with Gasteiger partial charge < -0.3 is 14.8 Å². The molecule has 8 nitrogen and oxygen atoms in total. The first-order valence-corrected chi connectivity index (χ1v) is 12.7. The van der Waals surface area contributed by atoms with Gasteiger partial charge in [-0.25, -0.2) is 5.01 Å². The van der Waals surface area contributed by atoms with Gasteiger partial charge in [-0.2, -0.15) is 5.10 Å². The van der Waals surface area contributed by atoms with Crippen LogP contribution >= 0.6 is 0 Å². The van der Waals surface area contributed by atoms with Crippen LogP contribution in [0.5, 0.6) is 11.5 Å². The third-order valence-corrected chi connectivity index (χ3v) is 6.62. The van der Waals surface area contributed by atoms with Crippen molar-refractivity contribution in [2.24, 2.45) is 5.10 Å². The van der Waals surface area contributed by atoms with E-state index in [2.05, 4.69) is 10.3 Å². The number of hydrogen-bond acceptors (Lipinski definition) is 6. The zero-order valence-corrected chi connectivity index (χ0v) is 20.9. The summed E-state index contributed by atoms with van der Waals surface area (Å²) >= 11 is 0. The number of rotatable bonds is 7. The summed E-state index contributed by atoms with van der Waals surface area (Å²) in [6.07, 6.45) is 7.81. The molecule has 1 N–H and O–H groups in total. The van der Waals surface area contributed by atoms with Crippen molar-refractivity contribution in [2.45, 2.75) is 44.6 Å². The molecule has 2 aliphatic rings. The number of aromatic nitrogens is 1. The van der Waals surface area contributed by atoms with Crippen LogP contribution in [-0.4, -0.2) is 47.3 Å². The second-order valence-electron chi connectivity index (χ2n) is 9.22. The number of nitrogens with zero attached hydrogens (tertiary/aromatic N) is 3. The number of nitrogens with one attached hydrogen (secondary N) is 1. The van der Waals surface area contributed by atoms with Crippen LogP contribution in [0.2, 0.25) is 0 Å². The first kappa shape index (κ1) is 24.5. The summed E-state index contributed by atoms with van der Waals surface area (Å²) in [7, 11) is 1.64. The van der Waals surface area contributed by atoms with Gasteiger partial charge in [0.05, 0.1) is 18.9 Å². The molecule has 0 bridgehead atoms. The third kappa shape index (κ3) is 5.80. The van der Waals surface area contributed by atoms with E-state index in [1.165, 1.54) is 17.9 Å². The van der Waals surface area contributed by atoms with Crippen LogP contribution in [0.1, 0.15) is 64.9 Å². The first-order valence-electron chi connectivity index (χ1n) is 12.7. The Hall–Kier alpha value is -4.20. The predicted octanol–water partition coefficient (Wildman–Crippen LogP) is 5.30. The molecule has 3 aromatic rings. The van der Waals surface area contributed by atoms with Gasteiger partial charge in [0.1, 0.15) is 5.69 Å². The van der Waals surface area contributed by atoms with Gasteiger partial charge in [-0.05, 0) is 87.1 Å². The number of carbonyl (C=O) groups excluding carboxylic acids is 2. The average Bonchev–Trinajstić information content (AvgIpc) is 3.46. The summed E-state index contributed by atoms with van der Waals surface area (Å²) in [5, 5.41) is 9.01. The minimum absolute atomic E-state index is 0.209. The molecule has 1 aliphatic carbocycles. The number of pyridine rings is 1. The lowest BCUT2D eigenvalue weighted by atomic mass is 10.0. The maximum absolute atomic E-state index is 13.3. The molecule has 8 heteroatoms. The molecule has 0 radical (unpaired) electrons. The highest BCUT2D eigenvalue weighted by Crippen LogP contribution is 2.33. The molecule has 5 rings (SSSR count). The van der Waals surface area contributed by atoms with E-state index in [0.29, 0.717) is 29.2 Å². The fourth-order valence-corrected chi connectivity index (χ4v) is 4.70. The minimum atomic E-state index is -0.335. The first-order chi connectivity index (χ1) is 18.1. The molecule has 37 heavy (non-hydrogen) atoms. The number of ether oxygens (including phenoxy) is 2. The number of hydrazone groups is 1. The van der Waals surface area contributed by atoms with E-state index in [-0.39, 0.29) is 17.9 Å². The van der Waals surface area contributed by atoms with Crippen LogP contribution in [-0.2, 0) is 0 Å². The van der Waals surface area contributed by atoms with Gasteiger partial charge in [-0.3, -0.25) is 14.6 Å². The molecule has 1 aromatic heterocycles. The molecule has 0 spiro atoms. The number of methoxy groups -OCH3 is 1. The molecule has 1 aliphatic heterocycles. The smallest absolute Gasteiger partial charge is 0.274 e. The summed E-state index contributed by atoms with van der Waals surface area (Å²) in [4.78, 5) is 29.9. The van der Waals surface area contributed by atoms with Gasteiger partial charge in [0, 0.05) is 29.6 Å². The van der Waals surface area contributed by atoms with Gasteiger partial charge in [0.25, 0.3) is 11.8 Å². The van der Waals surface area contributed by atoms with Crippen LogP contribution in [0.15, 0.2) is 72.0 Å². The average molecular weight is 499 g/mol. The summed E-state index contributed by atoms with van der Waals surface area (Å²) in [5.41, 5.74) is 3.02. The van der Waals surface area contributed by atoms with Crippen molar-refractivity contribution < 1.29 is 19.1 Å². The molecule has 1 fully saturated rings. The molecule has 190 valence electrons. The zero-order chi connectivity index (χ0) is 25.6. The number of benzene rings is 2. The summed E-state index contributed by atoms with van der Waals surface area (Å²) in [6, 6.07) is 17.8. The highest BCUT2D eigenvalue weighted by atomic mass is 16.5. The van der Waals surface area contributed by atoms with Crippen LogP contribution in [0.25, 0.3) is 0 Å². The molecule has 2 aromatic carbocycles. The highest BCUT2D eigenvalue weighted by molar-refractivity contribution is 6.05. The van der Waals surface area contributed by atoms with Crippen molar-refractivity contribution in [3.05, 3.63) is 83.7 Å². The van der Waals surface area contributed by atoms with Crippen molar-refractivity contribution in [3.63, 3.8) is 0 Å². The molecule has 2 amide bonds. The number of carbonyl (C=O) groups is 2. The van der Waals surface area contributed by atoms with Crippen molar-refractivity contribution >= 4 is 23.2 Å². The normalized spacial score (nSPS) is 15.7. The fraction of sp³-hybridized carbons (Fsp3) is 0.310. The highest BCUT2D eigenvalue weighted by Gasteiger charge is 2.23. The minimum Gasteiger partial charge on any atom is -0.493 e. The van der Waals surface area contributed by atoms with E-state index in [9.17, 15) is 9.59 Å². The Morgan fingerprint density at radius 2 is 1.84 bits per heavy atom. The topological polar surface area (TPSA) is 93.1 Å². The van der Waals surface area contributed by atoms with E-state index >= 15 is 0 Å². The van der Waals surface area contributed by atoms with E-state index in [1.54, 1.807) is 55.8 Å². The Kier molecular flexibility index (Phi) is 7.44. The van der Waals surface area contributed by atoms with Gasteiger partial charge in [0.2, 0.25) is 0 Å². The van der Waals surface area contributed by atoms with Crippen LogP contribution in [0, 0.1) is 0 Å². The number of anilines is 1. The van der Waals surface area contributed by atoms with Crippen LogP contribution < -0.4 is 14.8 Å². The van der Waals surface area contributed by atoms with E-state index in [1.807, 2.05) is 18.2 Å². The van der Waals surface area contributed by atoms with Gasteiger partial charge in [-0.1, -0.05) is 12.1 Å². The standard InChI is InChI=1S/C29H30N4O4/c1-36-26-15-14-20(19-27(26)37-23-10-2-3-11-23)24-13-7-17-33(32-24)29(35)21-8-6-9-22(18-21)31-28(34)25-12-4-5-16-30-25/h4-6,8-9,12,14-16,18-19,23H,2-3,7,10-11,13,17H2,1H3,(H,31,34). The van der Waals surface area contributed by atoms with Gasteiger partial charge >= 0.3 is 0 Å².